The van der Waals surface area contributed by atoms with E-state index in [0.29, 0.717) is 13.0 Å². The highest BCUT2D eigenvalue weighted by molar-refractivity contribution is 7.11. The minimum Gasteiger partial charge on any atom is -0.493 e. The molecule has 0 spiro atoms. The third-order valence-corrected chi connectivity index (χ3v) is 4.20. The summed E-state index contributed by atoms with van der Waals surface area (Å²) in [7, 11) is 1.63. The van der Waals surface area contributed by atoms with Crippen molar-refractivity contribution in [1.29, 1.82) is 5.26 Å². The molecule has 0 bridgehead atoms. The molecule has 0 saturated carbocycles. The van der Waals surface area contributed by atoms with Crippen molar-refractivity contribution in [2.45, 2.75) is 26.2 Å². The van der Waals surface area contributed by atoms with E-state index in [9.17, 15) is 0 Å². The predicted molar refractivity (Wildman–Crippen MR) is 83.0 cm³/mol. The molecule has 0 saturated heterocycles. The second-order valence-corrected chi connectivity index (χ2v) is 5.58. The first-order valence-corrected chi connectivity index (χ1v) is 7.70. The Kier molecular flexibility index (Phi) is 5.59. The Morgan fingerprint density at radius 2 is 2.05 bits per heavy atom. The van der Waals surface area contributed by atoms with E-state index >= 15 is 0 Å². The Morgan fingerprint density at radius 3 is 2.71 bits per heavy atom. The molecule has 21 heavy (non-hydrogen) atoms. The lowest BCUT2D eigenvalue weighted by Gasteiger charge is -2.09. The predicted octanol–water partition coefficient (Wildman–Crippen LogP) is 3.40. The number of nitriles is 1. The van der Waals surface area contributed by atoms with Gasteiger partial charge in [0.05, 0.1) is 36.9 Å². The number of aryl methyl sites for hydroxylation is 1. The van der Waals surface area contributed by atoms with Gasteiger partial charge in [0.1, 0.15) is 0 Å². The summed E-state index contributed by atoms with van der Waals surface area (Å²) < 4.78 is 11.0. The van der Waals surface area contributed by atoms with E-state index in [4.69, 9.17) is 14.7 Å². The Bertz CT molecular complexity index is 631. The molecule has 2 aromatic rings. The number of hydrogen-bond donors (Lipinski definition) is 0. The number of para-hydroxylation sites is 2. The van der Waals surface area contributed by atoms with Crippen molar-refractivity contribution in [3.05, 3.63) is 39.8 Å². The zero-order chi connectivity index (χ0) is 15.1. The van der Waals surface area contributed by atoms with Gasteiger partial charge in [-0.2, -0.15) is 5.26 Å². The lowest BCUT2D eigenvalue weighted by molar-refractivity contribution is 0.297. The van der Waals surface area contributed by atoms with E-state index in [-0.39, 0.29) is 0 Å². The molecule has 5 heteroatoms. The van der Waals surface area contributed by atoms with Crippen molar-refractivity contribution in [3.63, 3.8) is 0 Å². The molecule has 1 aromatic heterocycles. The molecule has 1 aromatic carbocycles. The fraction of sp³-hybridized carbons (Fsp3) is 0.375. The zero-order valence-electron chi connectivity index (χ0n) is 12.3. The Hall–Kier alpha value is -2.06. The number of hydrogen-bond acceptors (Lipinski definition) is 5. The van der Waals surface area contributed by atoms with Crippen LogP contribution in [0.15, 0.2) is 24.3 Å². The fourth-order valence-electron chi connectivity index (χ4n) is 2.02. The van der Waals surface area contributed by atoms with Crippen LogP contribution >= 0.6 is 11.3 Å². The number of methoxy groups -OCH3 is 1. The van der Waals surface area contributed by atoms with Crippen molar-refractivity contribution in [1.82, 2.24) is 4.98 Å². The highest BCUT2D eigenvalue weighted by atomic mass is 32.1. The first-order chi connectivity index (χ1) is 10.3. The van der Waals surface area contributed by atoms with Crippen LogP contribution in [-0.2, 0) is 19.3 Å². The molecule has 1 heterocycles. The number of aromatic nitrogens is 1. The molecular formula is C16H18N2O2S. The topological polar surface area (TPSA) is 55.1 Å². The molecule has 2 rings (SSSR count). The van der Waals surface area contributed by atoms with E-state index in [2.05, 4.69) is 18.0 Å². The van der Waals surface area contributed by atoms with Crippen LogP contribution in [0.3, 0.4) is 0 Å². The standard InChI is InChI=1S/C16H18N2O2S/c1-3-12-15(8-10-17)21-16(18-12)9-11-20-14-7-5-4-6-13(14)19-2/h4-7H,3,8-9,11H2,1-2H3. The number of rotatable bonds is 7. The van der Waals surface area contributed by atoms with Crippen LogP contribution in [0.4, 0.5) is 0 Å². The van der Waals surface area contributed by atoms with Gasteiger partial charge in [0.2, 0.25) is 0 Å². The third-order valence-electron chi connectivity index (χ3n) is 3.04. The summed E-state index contributed by atoms with van der Waals surface area (Å²) in [6, 6.07) is 9.78. The van der Waals surface area contributed by atoms with Gasteiger partial charge in [0.15, 0.2) is 11.5 Å². The molecule has 0 radical (unpaired) electrons. The molecular weight excluding hydrogens is 284 g/mol. The van der Waals surface area contributed by atoms with Crippen LogP contribution in [0.1, 0.15) is 22.5 Å². The molecule has 0 amide bonds. The van der Waals surface area contributed by atoms with Crippen LogP contribution in [0.5, 0.6) is 11.5 Å². The van der Waals surface area contributed by atoms with E-state index in [0.717, 1.165) is 39.9 Å². The minimum absolute atomic E-state index is 0.439. The second kappa shape index (κ2) is 7.65. The largest absolute Gasteiger partial charge is 0.493 e. The number of benzene rings is 1. The quantitative estimate of drug-likeness (QED) is 0.786. The Balaban J connectivity index is 1.96. The van der Waals surface area contributed by atoms with Gasteiger partial charge in [0, 0.05) is 11.3 Å². The van der Waals surface area contributed by atoms with Gasteiger partial charge in [-0.1, -0.05) is 19.1 Å². The lowest BCUT2D eigenvalue weighted by atomic mass is 10.2. The molecule has 0 N–H and O–H groups in total. The van der Waals surface area contributed by atoms with E-state index in [1.54, 1.807) is 18.4 Å². The van der Waals surface area contributed by atoms with Gasteiger partial charge < -0.3 is 9.47 Å². The van der Waals surface area contributed by atoms with Gasteiger partial charge in [-0.15, -0.1) is 11.3 Å². The molecule has 0 fully saturated rings. The van der Waals surface area contributed by atoms with E-state index in [1.807, 2.05) is 24.3 Å². The monoisotopic (exact) mass is 302 g/mol. The highest BCUT2D eigenvalue weighted by Crippen LogP contribution is 2.26. The van der Waals surface area contributed by atoms with Crippen LogP contribution in [-0.4, -0.2) is 18.7 Å². The van der Waals surface area contributed by atoms with E-state index < -0.39 is 0 Å². The Morgan fingerprint density at radius 1 is 1.29 bits per heavy atom. The third kappa shape index (κ3) is 3.96. The SMILES string of the molecule is CCc1nc(CCOc2ccccc2OC)sc1CC#N. The molecule has 0 aliphatic heterocycles. The summed E-state index contributed by atoms with van der Waals surface area (Å²) in [5.41, 5.74) is 1.04. The Labute approximate surface area is 129 Å². The average Bonchev–Trinajstić information content (AvgIpc) is 2.90. The molecule has 0 atom stereocenters. The van der Waals surface area contributed by atoms with Crippen molar-refractivity contribution in [2.24, 2.45) is 0 Å². The summed E-state index contributed by atoms with van der Waals surface area (Å²) >= 11 is 1.61. The number of ether oxygens (including phenoxy) is 2. The molecule has 0 aliphatic rings. The van der Waals surface area contributed by atoms with Crippen molar-refractivity contribution >= 4 is 11.3 Å². The van der Waals surface area contributed by atoms with Crippen LogP contribution in [0.25, 0.3) is 0 Å². The van der Waals surface area contributed by atoms with Crippen molar-refractivity contribution < 1.29 is 9.47 Å². The molecule has 0 unspecified atom stereocenters. The molecule has 4 nitrogen and oxygen atoms in total. The lowest BCUT2D eigenvalue weighted by Crippen LogP contribution is -2.02. The fourth-order valence-corrected chi connectivity index (χ4v) is 3.09. The zero-order valence-corrected chi connectivity index (χ0v) is 13.1. The van der Waals surface area contributed by atoms with Crippen molar-refractivity contribution in [3.8, 4) is 17.6 Å². The van der Waals surface area contributed by atoms with Crippen LogP contribution < -0.4 is 9.47 Å². The van der Waals surface area contributed by atoms with Gasteiger partial charge in [-0.05, 0) is 18.6 Å². The van der Waals surface area contributed by atoms with E-state index in [1.165, 1.54) is 0 Å². The van der Waals surface area contributed by atoms with Gasteiger partial charge >= 0.3 is 0 Å². The maximum absolute atomic E-state index is 8.82. The molecule has 110 valence electrons. The minimum atomic E-state index is 0.439. The van der Waals surface area contributed by atoms with Gasteiger partial charge in [-0.25, -0.2) is 4.98 Å². The van der Waals surface area contributed by atoms with Gasteiger partial charge in [-0.3, -0.25) is 0 Å². The first kappa shape index (κ1) is 15.3. The number of nitrogens with zero attached hydrogens (tertiary/aromatic N) is 2. The summed E-state index contributed by atoms with van der Waals surface area (Å²) in [5.74, 6) is 1.47. The second-order valence-electron chi connectivity index (χ2n) is 4.42. The summed E-state index contributed by atoms with van der Waals surface area (Å²) in [4.78, 5) is 5.65. The summed E-state index contributed by atoms with van der Waals surface area (Å²) in [6.07, 6.45) is 2.04. The van der Waals surface area contributed by atoms with Crippen LogP contribution in [0.2, 0.25) is 0 Å². The first-order valence-electron chi connectivity index (χ1n) is 6.88. The molecule has 0 aliphatic carbocycles. The van der Waals surface area contributed by atoms with Gasteiger partial charge in [0.25, 0.3) is 0 Å². The highest BCUT2D eigenvalue weighted by Gasteiger charge is 2.10. The maximum atomic E-state index is 8.82. The average molecular weight is 302 g/mol. The smallest absolute Gasteiger partial charge is 0.161 e. The maximum Gasteiger partial charge on any atom is 0.161 e. The van der Waals surface area contributed by atoms with Crippen LogP contribution in [0, 0.1) is 11.3 Å². The van der Waals surface area contributed by atoms with Crippen molar-refractivity contribution in [2.75, 3.05) is 13.7 Å². The normalized spacial score (nSPS) is 10.1. The summed E-state index contributed by atoms with van der Waals surface area (Å²) in [6.45, 7) is 2.61. The summed E-state index contributed by atoms with van der Waals surface area (Å²) in [5, 5.41) is 9.84. The number of thiazole rings is 1.